The molecule has 0 heterocycles. The van der Waals surface area contributed by atoms with Crippen LogP contribution in [0.15, 0.2) is 42.5 Å². The molecule has 0 bridgehead atoms. The van der Waals surface area contributed by atoms with Gasteiger partial charge in [0.1, 0.15) is 0 Å². The Balaban J connectivity index is 0.000000280. The predicted octanol–water partition coefficient (Wildman–Crippen LogP) is 0.842. The molecule has 0 saturated heterocycles. The van der Waals surface area contributed by atoms with Crippen molar-refractivity contribution < 1.29 is 14.5 Å². The standard InChI is InChI=1S/C10H9BO2.C4H12N/c12-11(13)10-7-3-5-8-4-1-2-6-9(8)10;1-5(2,3)4/h1-7,12-13H;1-4H3/q;+1. The minimum absolute atomic E-state index is 0.554. The van der Waals surface area contributed by atoms with Gasteiger partial charge in [-0.15, -0.1) is 0 Å². The number of benzene rings is 2. The van der Waals surface area contributed by atoms with Crippen molar-refractivity contribution >= 4 is 23.4 Å². The maximum atomic E-state index is 9.08. The molecule has 0 radical (unpaired) electrons. The average Bonchev–Trinajstić information content (AvgIpc) is 2.26. The third-order valence-corrected chi connectivity index (χ3v) is 2.10. The first-order valence-electron chi connectivity index (χ1n) is 5.92. The Morgan fingerprint density at radius 2 is 1.33 bits per heavy atom. The van der Waals surface area contributed by atoms with Crippen LogP contribution in [0.3, 0.4) is 0 Å². The molecule has 0 amide bonds. The fourth-order valence-corrected chi connectivity index (χ4v) is 1.48. The minimum atomic E-state index is -1.40. The van der Waals surface area contributed by atoms with Crippen LogP contribution in [0.4, 0.5) is 0 Å². The average molecular weight is 246 g/mol. The van der Waals surface area contributed by atoms with Crippen molar-refractivity contribution in [3.63, 3.8) is 0 Å². The molecule has 0 atom stereocenters. The molecule has 3 nitrogen and oxygen atoms in total. The van der Waals surface area contributed by atoms with E-state index in [2.05, 4.69) is 28.2 Å². The molecule has 0 aliphatic rings. The van der Waals surface area contributed by atoms with Crippen molar-refractivity contribution in [2.45, 2.75) is 0 Å². The molecular formula is C14H21BNO2+. The fraction of sp³-hybridized carbons (Fsp3) is 0.286. The van der Waals surface area contributed by atoms with Crippen LogP contribution >= 0.6 is 0 Å². The van der Waals surface area contributed by atoms with Crippen molar-refractivity contribution in [3.8, 4) is 0 Å². The minimum Gasteiger partial charge on any atom is -0.423 e. The lowest BCUT2D eigenvalue weighted by Gasteiger charge is -2.14. The van der Waals surface area contributed by atoms with Crippen molar-refractivity contribution in [3.05, 3.63) is 42.5 Å². The molecule has 2 aromatic carbocycles. The van der Waals surface area contributed by atoms with Crippen molar-refractivity contribution in [1.29, 1.82) is 0 Å². The normalized spacial score (nSPS) is 10.8. The van der Waals surface area contributed by atoms with Crippen LogP contribution < -0.4 is 5.46 Å². The van der Waals surface area contributed by atoms with E-state index in [9.17, 15) is 0 Å². The zero-order valence-corrected chi connectivity index (χ0v) is 11.5. The van der Waals surface area contributed by atoms with Gasteiger partial charge in [-0.2, -0.15) is 0 Å². The fourth-order valence-electron chi connectivity index (χ4n) is 1.48. The summed E-state index contributed by atoms with van der Waals surface area (Å²) in [7, 11) is 7.10. The number of rotatable bonds is 1. The highest BCUT2D eigenvalue weighted by molar-refractivity contribution is 6.61. The summed E-state index contributed by atoms with van der Waals surface area (Å²) >= 11 is 0. The summed E-state index contributed by atoms with van der Waals surface area (Å²) in [6.07, 6.45) is 0. The largest absolute Gasteiger partial charge is 0.489 e. The molecule has 4 heteroatoms. The summed E-state index contributed by atoms with van der Waals surface area (Å²) in [6, 6.07) is 13.1. The van der Waals surface area contributed by atoms with Crippen LogP contribution in [0.5, 0.6) is 0 Å². The maximum Gasteiger partial charge on any atom is 0.489 e. The lowest BCUT2D eigenvalue weighted by molar-refractivity contribution is -0.849. The third kappa shape index (κ3) is 4.88. The van der Waals surface area contributed by atoms with Gasteiger partial charge in [0.2, 0.25) is 0 Å². The Morgan fingerprint density at radius 1 is 0.833 bits per heavy atom. The van der Waals surface area contributed by atoms with Gasteiger partial charge in [-0.25, -0.2) is 0 Å². The van der Waals surface area contributed by atoms with E-state index in [-0.39, 0.29) is 0 Å². The van der Waals surface area contributed by atoms with Gasteiger partial charge in [0, 0.05) is 0 Å². The Bertz CT molecular complexity index is 495. The van der Waals surface area contributed by atoms with E-state index in [4.69, 9.17) is 10.0 Å². The molecule has 0 unspecified atom stereocenters. The van der Waals surface area contributed by atoms with Gasteiger partial charge >= 0.3 is 7.12 Å². The zero-order chi connectivity index (χ0) is 13.8. The van der Waals surface area contributed by atoms with Crippen LogP contribution in [0.25, 0.3) is 10.8 Å². The molecule has 0 spiro atoms. The topological polar surface area (TPSA) is 40.5 Å². The van der Waals surface area contributed by atoms with Crippen LogP contribution in [0.2, 0.25) is 0 Å². The van der Waals surface area contributed by atoms with E-state index >= 15 is 0 Å². The van der Waals surface area contributed by atoms with E-state index < -0.39 is 7.12 Å². The Labute approximate surface area is 109 Å². The lowest BCUT2D eigenvalue weighted by atomic mass is 9.77. The van der Waals surface area contributed by atoms with Gasteiger partial charge in [0.15, 0.2) is 0 Å². The summed E-state index contributed by atoms with van der Waals surface area (Å²) in [5.74, 6) is 0. The summed E-state index contributed by atoms with van der Waals surface area (Å²) in [5, 5.41) is 20.1. The van der Waals surface area contributed by atoms with Crippen molar-refractivity contribution in [1.82, 2.24) is 0 Å². The molecule has 0 aromatic heterocycles. The van der Waals surface area contributed by atoms with Crippen LogP contribution in [-0.2, 0) is 0 Å². The summed E-state index contributed by atoms with van der Waals surface area (Å²) < 4.78 is 1.00. The number of hydrogen-bond donors (Lipinski definition) is 2. The molecule has 2 rings (SSSR count). The van der Waals surface area contributed by atoms with Gasteiger partial charge in [-0.05, 0) is 16.2 Å². The van der Waals surface area contributed by atoms with Gasteiger partial charge in [0.05, 0.1) is 28.2 Å². The molecular weight excluding hydrogens is 225 g/mol. The molecule has 2 N–H and O–H groups in total. The Kier molecular flexibility index (Phi) is 4.90. The molecule has 0 aliphatic heterocycles. The number of fused-ring (bicyclic) bond motifs is 1. The van der Waals surface area contributed by atoms with Crippen molar-refractivity contribution in [2.75, 3.05) is 28.2 Å². The highest BCUT2D eigenvalue weighted by Crippen LogP contribution is 2.10. The summed E-state index contributed by atoms with van der Waals surface area (Å²) in [6.45, 7) is 0. The molecule has 18 heavy (non-hydrogen) atoms. The molecule has 0 fully saturated rings. The molecule has 0 saturated carbocycles. The van der Waals surface area contributed by atoms with E-state index in [0.29, 0.717) is 5.46 Å². The third-order valence-electron chi connectivity index (χ3n) is 2.10. The van der Waals surface area contributed by atoms with Crippen LogP contribution in [0.1, 0.15) is 0 Å². The lowest BCUT2D eigenvalue weighted by Crippen LogP contribution is -2.30. The quantitative estimate of drug-likeness (QED) is 0.578. The van der Waals surface area contributed by atoms with E-state index in [1.807, 2.05) is 36.4 Å². The predicted molar refractivity (Wildman–Crippen MR) is 77.7 cm³/mol. The van der Waals surface area contributed by atoms with Gasteiger partial charge < -0.3 is 14.5 Å². The maximum absolute atomic E-state index is 9.08. The summed E-state index contributed by atoms with van der Waals surface area (Å²) in [5.41, 5.74) is 0.554. The Morgan fingerprint density at radius 3 is 1.89 bits per heavy atom. The highest BCUT2D eigenvalue weighted by atomic mass is 16.4. The van der Waals surface area contributed by atoms with Crippen molar-refractivity contribution in [2.24, 2.45) is 0 Å². The van der Waals surface area contributed by atoms with Gasteiger partial charge in [0.25, 0.3) is 0 Å². The monoisotopic (exact) mass is 246 g/mol. The smallest absolute Gasteiger partial charge is 0.423 e. The van der Waals surface area contributed by atoms with E-state index in [1.165, 1.54) is 0 Å². The zero-order valence-electron chi connectivity index (χ0n) is 11.5. The second kappa shape index (κ2) is 6.00. The highest BCUT2D eigenvalue weighted by Gasteiger charge is 2.13. The number of quaternary nitrogens is 1. The van der Waals surface area contributed by atoms with Gasteiger partial charge in [-0.3, -0.25) is 0 Å². The second-order valence-electron chi connectivity index (χ2n) is 5.63. The first-order valence-corrected chi connectivity index (χ1v) is 5.92. The number of hydrogen-bond acceptors (Lipinski definition) is 2. The first-order chi connectivity index (χ1) is 8.29. The van der Waals surface area contributed by atoms with E-state index in [0.717, 1.165) is 15.3 Å². The SMILES string of the molecule is C[N+](C)(C)C.OB(O)c1cccc2ccccc12. The van der Waals surface area contributed by atoms with Gasteiger partial charge in [-0.1, -0.05) is 42.5 Å². The van der Waals surface area contributed by atoms with Crippen LogP contribution in [-0.4, -0.2) is 49.8 Å². The van der Waals surface area contributed by atoms with Crippen LogP contribution in [0, 0.1) is 0 Å². The Hall–Kier alpha value is -1.36. The second-order valence-corrected chi connectivity index (χ2v) is 5.63. The molecule has 2 aromatic rings. The number of nitrogens with zero attached hydrogens (tertiary/aromatic N) is 1. The van der Waals surface area contributed by atoms with E-state index in [1.54, 1.807) is 6.07 Å². The summed E-state index contributed by atoms with van der Waals surface area (Å²) in [4.78, 5) is 0. The first kappa shape index (κ1) is 14.7. The molecule has 96 valence electrons. The molecule has 0 aliphatic carbocycles.